The maximum atomic E-state index is 9.96. The number of carbonyl (C=O) groups excluding carboxylic acids is 1. The minimum absolute atomic E-state index is 0.549. The van der Waals surface area contributed by atoms with Crippen LogP contribution in [-0.4, -0.2) is 6.29 Å². The number of allylic oxidation sites excluding steroid dienone is 3. The third kappa shape index (κ3) is 0.872. The van der Waals surface area contributed by atoms with Crippen LogP contribution in [0.3, 0.4) is 0 Å². The van der Waals surface area contributed by atoms with Gasteiger partial charge in [-0.1, -0.05) is 0 Å². The van der Waals surface area contributed by atoms with E-state index in [1.54, 1.807) is 18.4 Å². The van der Waals surface area contributed by atoms with E-state index in [1.165, 1.54) is 0 Å². The van der Waals surface area contributed by atoms with Crippen molar-refractivity contribution >= 4 is 6.29 Å². The maximum Gasteiger partial charge on any atom is 0.167 e. The van der Waals surface area contributed by atoms with Crippen LogP contribution in [0.4, 0.5) is 0 Å². The minimum atomic E-state index is 0.549. The zero-order chi connectivity index (χ0) is 5.82. The van der Waals surface area contributed by atoms with Crippen LogP contribution in [0.2, 0.25) is 0 Å². The van der Waals surface area contributed by atoms with E-state index >= 15 is 0 Å². The lowest BCUT2D eigenvalue weighted by Gasteiger charge is -2.06. The lowest BCUT2D eigenvalue weighted by molar-refractivity contribution is -0.105. The summed E-state index contributed by atoms with van der Waals surface area (Å²) in [7, 11) is 0. The van der Waals surface area contributed by atoms with Gasteiger partial charge in [0, 0.05) is 6.20 Å². The van der Waals surface area contributed by atoms with Crippen molar-refractivity contribution in [3.8, 4) is 0 Å². The summed E-state index contributed by atoms with van der Waals surface area (Å²) in [6.45, 7) is 0. The van der Waals surface area contributed by atoms with Crippen molar-refractivity contribution in [3.05, 3.63) is 24.0 Å². The number of hydrogen-bond donors (Lipinski definition) is 2. The van der Waals surface area contributed by atoms with E-state index in [0.29, 0.717) is 5.70 Å². The van der Waals surface area contributed by atoms with Crippen LogP contribution in [-0.2, 0) is 4.79 Å². The smallest absolute Gasteiger partial charge is 0.167 e. The summed E-state index contributed by atoms with van der Waals surface area (Å²) < 4.78 is 0. The molecule has 0 aromatic rings. The van der Waals surface area contributed by atoms with E-state index in [0.717, 1.165) is 6.29 Å². The Labute approximate surface area is 47.0 Å². The van der Waals surface area contributed by atoms with Crippen LogP contribution in [0.1, 0.15) is 0 Å². The van der Waals surface area contributed by atoms with Gasteiger partial charge in [0.05, 0.1) is 5.70 Å². The zero-order valence-corrected chi connectivity index (χ0v) is 4.22. The molecule has 0 fully saturated rings. The quantitative estimate of drug-likeness (QED) is 0.455. The highest BCUT2D eigenvalue weighted by Gasteiger charge is 1.90. The largest absolute Gasteiger partial charge is 0.308 e. The molecule has 0 aliphatic carbocycles. The minimum Gasteiger partial charge on any atom is -0.308 e. The second-order valence-corrected chi connectivity index (χ2v) is 1.37. The fourth-order valence-corrected chi connectivity index (χ4v) is 0.435. The fraction of sp³-hybridized carbons (Fsp3) is 0. The molecular formula is C5H6N2O. The molecule has 0 unspecified atom stereocenters. The summed E-state index contributed by atoms with van der Waals surface area (Å²) in [5.41, 5.74) is 5.83. The van der Waals surface area contributed by atoms with E-state index in [4.69, 9.17) is 0 Å². The molecule has 2 N–H and O–H groups in total. The molecule has 1 aliphatic rings. The van der Waals surface area contributed by atoms with E-state index < -0.39 is 0 Å². The van der Waals surface area contributed by atoms with E-state index in [1.807, 2.05) is 0 Å². The molecule has 1 rings (SSSR count). The van der Waals surface area contributed by atoms with Gasteiger partial charge in [0.15, 0.2) is 6.29 Å². The number of nitrogens with one attached hydrogen (secondary N) is 2. The van der Waals surface area contributed by atoms with Gasteiger partial charge >= 0.3 is 0 Å². The molecule has 3 nitrogen and oxygen atoms in total. The van der Waals surface area contributed by atoms with Crippen LogP contribution in [0.25, 0.3) is 0 Å². The van der Waals surface area contributed by atoms with Crippen LogP contribution >= 0.6 is 0 Å². The molecule has 1 aliphatic heterocycles. The number of rotatable bonds is 1. The van der Waals surface area contributed by atoms with Crippen molar-refractivity contribution in [2.45, 2.75) is 0 Å². The molecule has 1 heterocycles. The molecule has 8 heavy (non-hydrogen) atoms. The van der Waals surface area contributed by atoms with Crippen molar-refractivity contribution in [2.75, 3.05) is 0 Å². The Morgan fingerprint density at radius 2 is 2.50 bits per heavy atom. The standard InChI is InChI=1S/C5H6N2O/c8-4-5-2-1-3-6-7-5/h1-4,6-7H. The van der Waals surface area contributed by atoms with Crippen molar-refractivity contribution in [1.29, 1.82) is 0 Å². The average Bonchev–Trinajstić information content (AvgIpc) is 1.90. The molecule has 3 heteroatoms. The molecule has 0 saturated carbocycles. The SMILES string of the molecule is O=CC1=CC=CNN1. The third-order valence-corrected chi connectivity index (χ3v) is 0.799. The lowest BCUT2D eigenvalue weighted by Crippen LogP contribution is -2.28. The second kappa shape index (κ2) is 2.16. The Balaban J connectivity index is 2.63. The number of hydrogen-bond acceptors (Lipinski definition) is 3. The molecular weight excluding hydrogens is 104 g/mol. The number of aldehydes is 1. The highest BCUT2D eigenvalue weighted by Crippen LogP contribution is 1.86. The summed E-state index contributed by atoms with van der Waals surface area (Å²) in [5.74, 6) is 0. The monoisotopic (exact) mass is 110 g/mol. The lowest BCUT2D eigenvalue weighted by atomic mass is 10.4. The molecule has 0 amide bonds. The van der Waals surface area contributed by atoms with Gasteiger partial charge in [-0.05, 0) is 12.2 Å². The van der Waals surface area contributed by atoms with Gasteiger partial charge in [0.2, 0.25) is 0 Å². The number of hydrazine groups is 1. The maximum absolute atomic E-state index is 9.96. The molecule has 0 saturated heterocycles. The van der Waals surface area contributed by atoms with Gasteiger partial charge in [0.25, 0.3) is 0 Å². The summed E-state index contributed by atoms with van der Waals surface area (Å²) in [5, 5.41) is 0. The Hall–Kier alpha value is -1.25. The van der Waals surface area contributed by atoms with Crippen LogP contribution in [0, 0.1) is 0 Å². The molecule has 0 atom stereocenters. The molecule has 42 valence electrons. The van der Waals surface area contributed by atoms with Crippen molar-refractivity contribution in [3.63, 3.8) is 0 Å². The molecule has 0 aromatic heterocycles. The van der Waals surface area contributed by atoms with Crippen molar-refractivity contribution in [2.24, 2.45) is 0 Å². The topological polar surface area (TPSA) is 41.1 Å². The average molecular weight is 110 g/mol. The van der Waals surface area contributed by atoms with E-state index in [-0.39, 0.29) is 0 Å². The molecule has 0 spiro atoms. The first-order valence-electron chi connectivity index (χ1n) is 2.27. The first-order chi connectivity index (χ1) is 3.93. The first-order valence-corrected chi connectivity index (χ1v) is 2.27. The van der Waals surface area contributed by atoms with Gasteiger partial charge in [-0.2, -0.15) is 0 Å². The van der Waals surface area contributed by atoms with Gasteiger partial charge in [-0.25, -0.2) is 0 Å². The highest BCUT2D eigenvalue weighted by molar-refractivity contribution is 5.72. The van der Waals surface area contributed by atoms with Gasteiger partial charge in [0.1, 0.15) is 0 Å². The summed E-state index contributed by atoms with van der Waals surface area (Å²) in [6, 6.07) is 0. The zero-order valence-electron chi connectivity index (χ0n) is 4.22. The van der Waals surface area contributed by atoms with Crippen molar-refractivity contribution < 1.29 is 4.79 Å². The summed E-state index contributed by atoms with van der Waals surface area (Å²) in [4.78, 5) is 9.96. The van der Waals surface area contributed by atoms with E-state index in [9.17, 15) is 4.79 Å². The molecule has 0 aromatic carbocycles. The molecule has 0 bridgehead atoms. The van der Waals surface area contributed by atoms with Gasteiger partial charge in [-0.15, -0.1) is 0 Å². The van der Waals surface area contributed by atoms with Crippen LogP contribution in [0.15, 0.2) is 24.0 Å². The first kappa shape index (κ1) is 4.90. The van der Waals surface area contributed by atoms with Crippen molar-refractivity contribution in [1.82, 2.24) is 10.9 Å². The molecule has 0 radical (unpaired) electrons. The van der Waals surface area contributed by atoms with Gasteiger partial charge < -0.3 is 5.43 Å². The fourth-order valence-electron chi connectivity index (χ4n) is 0.435. The normalized spacial score (nSPS) is 15.8. The predicted molar refractivity (Wildman–Crippen MR) is 29.6 cm³/mol. The second-order valence-electron chi connectivity index (χ2n) is 1.37. The Morgan fingerprint density at radius 1 is 1.62 bits per heavy atom. The van der Waals surface area contributed by atoms with Crippen LogP contribution < -0.4 is 10.9 Å². The highest BCUT2D eigenvalue weighted by atomic mass is 16.1. The third-order valence-electron chi connectivity index (χ3n) is 0.799. The Kier molecular flexibility index (Phi) is 1.32. The van der Waals surface area contributed by atoms with Gasteiger partial charge in [-0.3, -0.25) is 10.2 Å². The Bertz CT molecular complexity index is 149. The predicted octanol–water partition coefficient (Wildman–Crippen LogP) is -0.309. The Morgan fingerprint density at radius 3 is 2.88 bits per heavy atom. The van der Waals surface area contributed by atoms with E-state index in [2.05, 4.69) is 10.9 Å². The summed E-state index contributed by atoms with van der Waals surface area (Å²) >= 11 is 0. The summed E-state index contributed by atoms with van der Waals surface area (Å²) in [6.07, 6.45) is 5.88. The number of carbonyl (C=O) groups is 1. The van der Waals surface area contributed by atoms with Crippen LogP contribution in [0.5, 0.6) is 0 Å².